The van der Waals surface area contributed by atoms with E-state index in [0.717, 1.165) is 19.3 Å². The Hall–Kier alpha value is 0.0300. The van der Waals surface area contributed by atoms with Gasteiger partial charge in [-0.1, -0.05) is 90.4 Å². The number of aliphatic hydroxyl groups excluding tert-OH is 1. The topological polar surface area (TPSA) is 113 Å². The van der Waals surface area contributed by atoms with Crippen molar-refractivity contribution in [2.45, 2.75) is 109 Å². The highest BCUT2D eigenvalue weighted by atomic mass is 31.2. The van der Waals surface area contributed by atoms with E-state index in [1.807, 2.05) is 0 Å². The molecule has 0 spiro atoms. The molecule has 0 aliphatic rings. The molecule has 0 fully saturated rings. The summed E-state index contributed by atoms with van der Waals surface area (Å²) in [5.41, 5.74) is 5.65. The SMILES string of the molecule is CCCCCCCCCCCCCCCC(O)C(N)COP(=O)(O)O. The maximum absolute atomic E-state index is 10.6. The Kier molecular flexibility index (Phi) is 16.2. The summed E-state index contributed by atoms with van der Waals surface area (Å²) in [6, 6.07) is -0.759. The molecule has 0 aromatic carbocycles. The van der Waals surface area contributed by atoms with Gasteiger partial charge in [0.05, 0.1) is 18.8 Å². The van der Waals surface area contributed by atoms with Crippen LogP contribution in [-0.4, -0.2) is 33.6 Å². The summed E-state index contributed by atoms with van der Waals surface area (Å²) < 4.78 is 14.9. The van der Waals surface area contributed by atoms with Crippen molar-refractivity contribution in [2.24, 2.45) is 5.73 Å². The number of rotatable bonds is 18. The van der Waals surface area contributed by atoms with Gasteiger partial charge in [0, 0.05) is 0 Å². The monoisotopic (exact) mass is 381 g/mol. The standard InChI is InChI=1S/C18H40NO5P/c1-2-3-4-5-6-7-8-9-10-11-12-13-14-15-18(20)17(19)16-24-25(21,22)23/h17-18,20H,2-16,19H2,1H3,(H2,21,22,23). The van der Waals surface area contributed by atoms with Crippen molar-refractivity contribution in [3.63, 3.8) is 0 Å². The Morgan fingerprint density at radius 3 is 1.64 bits per heavy atom. The Morgan fingerprint density at radius 2 is 1.24 bits per heavy atom. The Morgan fingerprint density at radius 1 is 0.840 bits per heavy atom. The predicted molar refractivity (Wildman–Crippen MR) is 102 cm³/mol. The van der Waals surface area contributed by atoms with Gasteiger partial charge in [-0.3, -0.25) is 4.52 Å². The first kappa shape index (κ1) is 25.0. The predicted octanol–water partition coefficient (Wildman–Crippen LogP) is 4.27. The molecule has 0 rings (SSSR count). The molecule has 0 heterocycles. The minimum atomic E-state index is -4.51. The maximum atomic E-state index is 10.6. The van der Waals surface area contributed by atoms with E-state index in [1.165, 1.54) is 64.2 Å². The van der Waals surface area contributed by atoms with Crippen LogP contribution >= 0.6 is 7.82 Å². The molecule has 152 valence electrons. The molecule has 25 heavy (non-hydrogen) atoms. The summed E-state index contributed by atoms with van der Waals surface area (Å²) in [6.45, 7) is 1.92. The molecule has 2 atom stereocenters. The second kappa shape index (κ2) is 16.2. The summed E-state index contributed by atoms with van der Waals surface area (Å²) in [6.07, 6.45) is 16.2. The van der Waals surface area contributed by atoms with E-state index >= 15 is 0 Å². The maximum Gasteiger partial charge on any atom is 0.469 e. The van der Waals surface area contributed by atoms with Crippen LogP contribution in [0.4, 0.5) is 0 Å². The third-order valence-corrected chi connectivity index (χ3v) is 5.02. The van der Waals surface area contributed by atoms with Gasteiger partial charge in [-0.2, -0.15) is 0 Å². The van der Waals surface area contributed by atoms with Crippen molar-refractivity contribution in [1.29, 1.82) is 0 Å². The van der Waals surface area contributed by atoms with E-state index in [9.17, 15) is 9.67 Å². The molecule has 0 saturated carbocycles. The molecule has 0 amide bonds. The van der Waals surface area contributed by atoms with E-state index in [1.54, 1.807) is 0 Å². The molecule has 0 radical (unpaired) electrons. The minimum Gasteiger partial charge on any atom is -0.391 e. The molecular formula is C18H40NO5P. The van der Waals surface area contributed by atoms with Crippen LogP contribution in [0.5, 0.6) is 0 Å². The smallest absolute Gasteiger partial charge is 0.391 e. The average molecular weight is 381 g/mol. The van der Waals surface area contributed by atoms with Crippen molar-refractivity contribution in [2.75, 3.05) is 6.61 Å². The number of nitrogens with two attached hydrogens (primary N) is 1. The lowest BCUT2D eigenvalue weighted by Gasteiger charge is -2.18. The van der Waals surface area contributed by atoms with Crippen LogP contribution in [0.15, 0.2) is 0 Å². The Balaban J connectivity index is 3.33. The molecule has 0 aliphatic heterocycles. The van der Waals surface area contributed by atoms with Crippen LogP contribution in [0.25, 0.3) is 0 Å². The third-order valence-electron chi connectivity index (χ3n) is 4.53. The quantitative estimate of drug-likeness (QED) is 0.208. The van der Waals surface area contributed by atoms with Gasteiger partial charge >= 0.3 is 7.82 Å². The summed E-state index contributed by atoms with van der Waals surface area (Å²) in [7, 11) is -4.51. The first-order chi connectivity index (χ1) is 11.9. The fourth-order valence-corrected chi connectivity index (χ4v) is 3.25. The first-order valence-corrected chi connectivity index (χ1v) is 11.5. The largest absolute Gasteiger partial charge is 0.469 e. The van der Waals surface area contributed by atoms with Gasteiger partial charge < -0.3 is 20.6 Å². The minimum absolute atomic E-state index is 0.329. The van der Waals surface area contributed by atoms with Gasteiger partial charge in [0.1, 0.15) is 0 Å². The zero-order valence-electron chi connectivity index (χ0n) is 15.9. The fourth-order valence-electron chi connectivity index (χ4n) is 2.88. The lowest BCUT2D eigenvalue weighted by molar-refractivity contribution is 0.0931. The average Bonchev–Trinajstić information content (AvgIpc) is 2.56. The van der Waals surface area contributed by atoms with Gasteiger partial charge in [-0.05, 0) is 6.42 Å². The summed E-state index contributed by atoms with van der Waals surface area (Å²) >= 11 is 0. The molecule has 0 aromatic heterocycles. The number of phosphoric acid groups is 1. The van der Waals surface area contributed by atoms with Crippen LogP contribution in [0.2, 0.25) is 0 Å². The molecule has 0 aromatic rings. The van der Waals surface area contributed by atoms with Crippen molar-refractivity contribution >= 4 is 7.82 Å². The molecule has 5 N–H and O–H groups in total. The highest BCUT2D eigenvalue weighted by Crippen LogP contribution is 2.35. The Labute approximate surface area is 153 Å². The molecule has 6 nitrogen and oxygen atoms in total. The normalized spacial score (nSPS) is 14.6. The lowest BCUT2D eigenvalue weighted by Crippen LogP contribution is -2.38. The summed E-state index contributed by atoms with van der Waals surface area (Å²) in [5, 5.41) is 9.83. The number of phosphoric ester groups is 1. The molecule has 0 aliphatic carbocycles. The highest BCUT2D eigenvalue weighted by molar-refractivity contribution is 7.46. The second-order valence-electron chi connectivity index (χ2n) is 7.05. The van der Waals surface area contributed by atoms with Gasteiger partial charge in [0.25, 0.3) is 0 Å². The molecule has 7 heteroatoms. The fraction of sp³-hybridized carbons (Fsp3) is 1.00. The van der Waals surface area contributed by atoms with Gasteiger partial charge in [0.2, 0.25) is 0 Å². The van der Waals surface area contributed by atoms with Crippen LogP contribution in [0.1, 0.15) is 96.8 Å². The van der Waals surface area contributed by atoms with Crippen LogP contribution in [0.3, 0.4) is 0 Å². The molecular weight excluding hydrogens is 341 g/mol. The van der Waals surface area contributed by atoms with Crippen LogP contribution < -0.4 is 5.73 Å². The summed E-state index contributed by atoms with van der Waals surface area (Å²) in [4.78, 5) is 17.2. The number of aliphatic hydroxyl groups is 1. The highest BCUT2D eigenvalue weighted by Gasteiger charge is 2.20. The molecule has 0 bridgehead atoms. The number of hydrogen-bond donors (Lipinski definition) is 4. The van der Waals surface area contributed by atoms with Gasteiger partial charge in [-0.25, -0.2) is 4.57 Å². The third kappa shape index (κ3) is 18.6. The summed E-state index contributed by atoms with van der Waals surface area (Å²) in [5.74, 6) is 0. The first-order valence-electron chi connectivity index (χ1n) is 10.0. The van der Waals surface area contributed by atoms with Gasteiger partial charge in [-0.15, -0.1) is 0 Å². The van der Waals surface area contributed by atoms with E-state index in [0.29, 0.717) is 6.42 Å². The zero-order chi connectivity index (χ0) is 19.0. The van der Waals surface area contributed by atoms with E-state index in [-0.39, 0.29) is 6.61 Å². The van der Waals surface area contributed by atoms with Crippen molar-refractivity contribution in [1.82, 2.24) is 0 Å². The van der Waals surface area contributed by atoms with E-state index in [2.05, 4.69) is 11.4 Å². The van der Waals surface area contributed by atoms with E-state index < -0.39 is 20.0 Å². The van der Waals surface area contributed by atoms with Crippen LogP contribution in [0, 0.1) is 0 Å². The second-order valence-corrected chi connectivity index (χ2v) is 8.29. The van der Waals surface area contributed by atoms with Crippen molar-refractivity contribution in [3.8, 4) is 0 Å². The van der Waals surface area contributed by atoms with Crippen molar-refractivity contribution in [3.05, 3.63) is 0 Å². The molecule has 0 saturated heterocycles. The number of hydrogen-bond acceptors (Lipinski definition) is 4. The number of unbranched alkanes of at least 4 members (excludes halogenated alkanes) is 12. The van der Waals surface area contributed by atoms with Crippen LogP contribution in [-0.2, 0) is 9.09 Å². The Bertz CT molecular complexity index is 337. The lowest BCUT2D eigenvalue weighted by atomic mass is 10.0. The van der Waals surface area contributed by atoms with Crippen molar-refractivity contribution < 1.29 is 24.0 Å². The molecule has 2 unspecified atom stereocenters. The van der Waals surface area contributed by atoms with Gasteiger partial charge in [0.15, 0.2) is 0 Å². The zero-order valence-corrected chi connectivity index (χ0v) is 16.8. The van der Waals surface area contributed by atoms with E-state index in [4.69, 9.17) is 15.5 Å².